The molecule has 0 unspecified atom stereocenters. The molecule has 5 nitrogen and oxygen atoms in total. The SMILES string of the molecule is N#CC(C#N)=CNc1ccccc1S(=O)(=O)Cl. The second kappa shape index (κ2) is 5.35. The number of hydrogen-bond acceptors (Lipinski definition) is 5. The lowest BCUT2D eigenvalue weighted by Gasteiger charge is -2.05. The predicted molar refractivity (Wildman–Crippen MR) is 62.4 cm³/mol. The fourth-order valence-electron chi connectivity index (χ4n) is 1.04. The first kappa shape index (κ1) is 13.0. The lowest BCUT2D eigenvalue weighted by Crippen LogP contribution is -1.98. The third kappa shape index (κ3) is 3.49. The van der Waals surface area contributed by atoms with Crippen LogP contribution in [0.5, 0.6) is 0 Å². The molecule has 0 saturated carbocycles. The maximum atomic E-state index is 11.2. The Balaban J connectivity index is 3.15. The first-order chi connectivity index (χ1) is 7.99. The van der Waals surface area contributed by atoms with Crippen LogP contribution in [-0.4, -0.2) is 8.42 Å². The highest BCUT2D eigenvalue weighted by Gasteiger charge is 2.14. The Morgan fingerprint density at radius 2 is 1.88 bits per heavy atom. The zero-order valence-corrected chi connectivity index (χ0v) is 9.96. The summed E-state index contributed by atoms with van der Waals surface area (Å²) in [6.07, 6.45) is 1.11. The number of allylic oxidation sites excluding steroid dienone is 1. The summed E-state index contributed by atoms with van der Waals surface area (Å²) in [5, 5.41) is 19.6. The van der Waals surface area contributed by atoms with Gasteiger partial charge in [0.25, 0.3) is 9.05 Å². The molecule has 0 aliphatic rings. The van der Waals surface area contributed by atoms with Gasteiger partial charge in [-0.05, 0) is 12.1 Å². The first-order valence-electron chi connectivity index (χ1n) is 4.29. The minimum Gasteiger partial charge on any atom is -0.359 e. The van der Waals surface area contributed by atoms with Gasteiger partial charge in [0.1, 0.15) is 22.6 Å². The Morgan fingerprint density at radius 3 is 2.41 bits per heavy atom. The number of hydrogen-bond donors (Lipinski definition) is 1. The number of rotatable bonds is 3. The lowest BCUT2D eigenvalue weighted by molar-refractivity contribution is 0.610. The van der Waals surface area contributed by atoms with Crippen LogP contribution in [0.15, 0.2) is 40.9 Å². The molecule has 0 fully saturated rings. The van der Waals surface area contributed by atoms with Crippen LogP contribution in [0.1, 0.15) is 0 Å². The zero-order valence-electron chi connectivity index (χ0n) is 8.38. The number of nitriles is 2. The average molecular weight is 268 g/mol. The molecule has 0 spiro atoms. The highest BCUT2D eigenvalue weighted by Crippen LogP contribution is 2.24. The van der Waals surface area contributed by atoms with E-state index in [-0.39, 0.29) is 16.2 Å². The van der Waals surface area contributed by atoms with E-state index in [0.717, 1.165) is 6.20 Å². The quantitative estimate of drug-likeness (QED) is 0.667. The van der Waals surface area contributed by atoms with E-state index in [9.17, 15) is 8.42 Å². The Hall–Kier alpha value is -2.02. The van der Waals surface area contributed by atoms with Gasteiger partial charge in [0, 0.05) is 16.9 Å². The standard InChI is InChI=1S/C10H6ClN3O2S/c11-17(15,16)10-4-2-1-3-9(10)14-7-8(5-12)6-13/h1-4,7,14H. The average Bonchev–Trinajstić information content (AvgIpc) is 2.29. The number of nitrogens with zero attached hydrogens (tertiary/aromatic N) is 2. The van der Waals surface area contributed by atoms with Crippen LogP contribution in [0, 0.1) is 22.7 Å². The van der Waals surface area contributed by atoms with Gasteiger partial charge in [-0.2, -0.15) is 10.5 Å². The summed E-state index contributed by atoms with van der Waals surface area (Å²) in [6.45, 7) is 0. The van der Waals surface area contributed by atoms with Gasteiger partial charge in [-0.1, -0.05) is 12.1 Å². The monoisotopic (exact) mass is 267 g/mol. The molecule has 0 heterocycles. The third-order valence-corrected chi connectivity index (χ3v) is 3.14. The maximum Gasteiger partial charge on any atom is 0.263 e. The fraction of sp³-hybridized carbons (Fsp3) is 0. The molecule has 0 bridgehead atoms. The molecule has 7 heteroatoms. The van der Waals surface area contributed by atoms with Gasteiger partial charge in [0.15, 0.2) is 0 Å². The lowest BCUT2D eigenvalue weighted by atomic mass is 10.3. The van der Waals surface area contributed by atoms with Crippen molar-refractivity contribution in [1.29, 1.82) is 10.5 Å². The van der Waals surface area contributed by atoms with Crippen LogP contribution in [0.25, 0.3) is 0 Å². The summed E-state index contributed by atoms with van der Waals surface area (Å²) in [5.74, 6) is 0. The van der Waals surface area contributed by atoms with Crippen LogP contribution in [0.3, 0.4) is 0 Å². The summed E-state index contributed by atoms with van der Waals surface area (Å²) >= 11 is 0. The van der Waals surface area contributed by atoms with Crippen molar-refractivity contribution in [2.75, 3.05) is 5.32 Å². The Bertz CT molecular complexity index is 622. The van der Waals surface area contributed by atoms with Crippen LogP contribution in [0.2, 0.25) is 0 Å². The molecule has 0 saturated heterocycles. The second-order valence-electron chi connectivity index (χ2n) is 2.86. The van der Waals surface area contributed by atoms with Gasteiger partial charge in [-0.25, -0.2) is 8.42 Å². The van der Waals surface area contributed by atoms with E-state index < -0.39 is 9.05 Å². The van der Waals surface area contributed by atoms with Crippen molar-refractivity contribution < 1.29 is 8.42 Å². The summed E-state index contributed by atoms with van der Waals surface area (Å²) in [5.41, 5.74) is 0.0253. The van der Waals surface area contributed by atoms with Gasteiger partial charge < -0.3 is 5.32 Å². The molecule has 1 rings (SSSR count). The van der Waals surface area contributed by atoms with Crippen LogP contribution < -0.4 is 5.32 Å². The van der Waals surface area contributed by atoms with Gasteiger partial charge >= 0.3 is 0 Å². The molecule has 0 atom stereocenters. The second-order valence-corrected chi connectivity index (χ2v) is 5.39. The number of benzene rings is 1. The molecule has 0 radical (unpaired) electrons. The fourth-order valence-corrected chi connectivity index (χ4v) is 2.07. The van der Waals surface area contributed by atoms with E-state index in [0.29, 0.717) is 0 Å². The number of para-hydroxylation sites is 1. The van der Waals surface area contributed by atoms with Gasteiger partial charge in [-0.3, -0.25) is 0 Å². The van der Waals surface area contributed by atoms with E-state index in [1.54, 1.807) is 18.2 Å². The minimum atomic E-state index is -3.88. The third-order valence-electron chi connectivity index (χ3n) is 1.76. The van der Waals surface area contributed by atoms with Crippen molar-refractivity contribution >= 4 is 25.4 Å². The van der Waals surface area contributed by atoms with Crippen molar-refractivity contribution in [2.45, 2.75) is 4.90 Å². The molecule has 86 valence electrons. The van der Waals surface area contributed by atoms with Gasteiger partial charge in [-0.15, -0.1) is 0 Å². The largest absolute Gasteiger partial charge is 0.359 e. The summed E-state index contributed by atoms with van der Waals surface area (Å²) in [7, 11) is 1.35. The predicted octanol–water partition coefficient (Wildman–Crippen LogP) is 1.96. The van der Waals surface area contributed by atoms with E-state index in [2.05, 4.69) is 5.32 Å². The highest BCUT2D eigenvalue weighted by atomic mass is 35.7. The molecule has 17 heavy (non-hydrogen) atoms. The van der Waals surface area contributed by atoms with E-state index in [1.165, 1.54) is 18.2 Å². The zero-order chi connectivity index (χ0) is 12.9. The Kier molecular flexibility index (Phi) is 4.11. The highest BCUT2D eigenvalue weighted by molar-refractivity contribution is 8.13. The van der Waals surface area contributed by atoms with E-state index in [1.807, 2.05) is 0 Å². The molecule has 0 aliphatic heterocycles. The molecule has 0 aliphatic carbocycles. The van der Waals surface area contributed by atoms with E-state index in [4.69, 9.17) is 21.2 Å². The summed E-state index contributed by atoms with van der Waals surface area (Å²) < 4.78 is 22.4. The molecular weight excluding hydrogens is 262 g/mol. The Morgan fingerprint density at radius 1 is 1.29 bits per heavy atom. The minimum absolute atomic E-state index is 0.117. The smallest absolute Gasteiger partial charge is 0.263 e. The first-order valence-corrected chi connectivity index (χ1v) is 6.60. The number of halogens is 1. The summed E-state index contributed by atoms with van der Waals surface area (Å²) in [6, 6.07) is 9.17. The maximum absolute atomic E-state index is 11.2. The van der Waals surface area contributed by atoms with Gasteiger partial charge in [0.05, 0.1) is 5.69 Å². The molecule has 0 aromatic heterocycles. The van der Waals surface area contributed by atoms with Crippen LogP contribution in [0.4, 0.5) is 5.69 Å². The molecule has 1 aromatic rings. The number of anilines is 1. The van der Waals surface area contributed by atoms with E-state index >= 15 is 0 Å². The van der Waals surface area contributed by atoms with Crippen LogP contribution >= 0.6 is 10.7 Å². The Labute approximate surface area is 103 Å². The van der Waals surface area contributed by atoms with Crippen molar-refractivity contribution in [2.24, 2.45) is 0 Å². The molecule has 1 aromatic carbocycles. The summed E-state index contributed by atoms with van der Waals surface area (Å²) in [4.78, 5) is -0.117. The number of nitrogens with one attached hydrogen (secondary N) is 1. The van der Waals surface area contributed by atoms with Crippen molar-refractivity contribution in [3.63, 3.8) is 0 Å². The van der Waals surface area contributed by atoms with Crippen molar-refractivity contribution in [3.05, 3.63) is 36.0 Å². The topological polar surface area (TPSA) is 93.8 Å². The van der Waals surface area contributed by atoms with Crippen molar-refractivity contribution in [3.8, 4) is 12.1 Å². The molecular formula is C10H6ClN3O2S. The van der Waals surface area contributed by atoms with Gasteiger partial charge in [0.2, 0.25) is 0 Å². The molecule has 1 N–H and O–H groups in total. The van der Waals surface area contributed by atoms with Crippen LogP contribution in [-0.2, 0) is 9.05 Å². The molecule has 0 amide bonds. The normalized spacial score (nSPS) is 9.82. The van der Waals surface area contributed by atoms with Crippen molar-refractivity contribution in [1.82, 2.24) is 0 Å².